The quantitative estimate of drug-likeness (QED) is 0.299. The molecule has 1 unspecified atom stereocenters. The molecule has 1 aliphatic rings. The van der Waals surface area contributed by atoms with Crippen LogP contribution in [0, 0.1) is 11.8 Å². The van der Waals surface area contributed by atoms with Gasteiger partial charge in [-0.05, 0) is 61.5 Å². The zero-order valence-corrected chi connectivity index (χ0v) is 21.6. The van der Waals surface area contributed by atoms with E-state index in [0.29, 0.717) is 42.6 Å². The Kier molecular flexibility index (Phi) is 11.5. The number of alkyl halides is 3. The molecule has 0 aliphatic carbocycles. The molecule has 200 valence electrons. The summed E-state index contributed by atoms with van der Waals surface area (Å²) < 4.78 is 42.7. The molecule has 0 saturated heterocycles. The first-order chi connectivity index (χ1) is 16.9. The molecule has 1 aromatic carbocycles. The summed E-state index contributed by atoms with van der Waals surface area (Å²) in [4.78, 5) is 24.1. The topological polar surface area (TPSA) is 75.6 Å². The van der Waals surface area contributed by atoms with E-state index in [1.54, 1.807) is 0 Å². The summed E-state index contributed by atoms with van der Waals surface area (Å²) in [7, 11) is -1.31. The number of carbonyl (C=O) groups excluding carboxylic acids is 2. The van der Waals surface area contributed by atoms with Crippen LogP contribution in [-0.2, 0) is 16.0 Å². The zero-order valence-electron chi connectivity index (χ0n) is 21.6. The number of allylic oxidation sites excluding steroid dienone is 1. The first kappa shape index (κ1) is 29.9. The lowest BCUT2D eigenvalue weighted by molar-refractivity contribution is -0.137. The third-order valence-electron chi connectivity index (χ3n) is 6.57. The van der Waals surface area contributed by atoms with Crippen molar-refractivity contribution >= 4 is 24.4 Å². The van der Waals surface area contributed by atoms with Crippen molar-refractivity contribution in [1.29, 1.82) is 0 Å². The van der Waals surface area contributed by atoms with Gasteiger partial charge in [-0.2, -0.15) is 13.2 Å². The molecule has 0 radical (unpaired) electrons. The molecule has 0 fully saturated rings. The van der Waals surface area contributed by atoms with E-state index < -0.39 is 31.6 Å². The number of carbonyl (C=O) groups is 2. The predicted octanol–water partition coefficient (Wildman–Crippen LogP) is 6.07. The van der Waals surface area contributed by atoms with Gasteiger partial charge in [0.2, 0.25) is 5.91 Å². The second kappa shape index (κ2) is 13.9. The maximum atomic E-state index is 12.3. The van der Waals surface area contributed by atoms with E-state index in [-0.39, 0.29) is 12.8 Å². The molecular weight excluding hydrogens is 470 g/mol. The summed E-state index contributed by atoms with van der Waals surface area (Å²) in [6, 6.07) is 5.58. The van der Waals surface area contributed by atoms with Gasteiger partial charge in [-0.3, -0.25) is 9.59 Å². The van der Waals surface area contributed by atoms with Crippen LogP contribution in [-0.4, -0.2) is 36.0 Å². The highest BCUT2D eigenvalue weighted by atomic mass is 19.4. The maximum absolute atomic E-state index is 12.3. The Morgan fingerprint density at radius 2 is 1.81 bits per heavy atom. The molecule has 9 heteroatoms. The van der Waals surface area contributed by atoms with E-state index in [2.05, 4.69) is 32.7 Å². The van der Waals surface area contributed by atoms with Crippen molar-refractivity contribution in [3.8, 4) is 5.75 Å². The van der Waals surface area contributed by atoms with Crippen LogP contribution in [0.5, 0.6) is 5.75 Å². The summed E-state index contributed by atoms with van der Waals surface area (Å²) in [5.41, 5.74) is 2.46. The first-order valence-electron chi connectivity index (χ1n) is 12.9. The number of hydrogen-bond donors (Lipinski definition) is 2. The van der Waals surface area contributed by atoms with Crippen LogP contribution in [0.3, 0.4) is 0 Å². The van der Waals surface area contributed by atoms with Gasteiger partial charge < -0.3 is 15.0 Å². The van der Waals surface area contributed by atoms with Gasteiger partial charge in [0.15, 0.2) is 0 Å². The highest BCUT2D eigenvalue weighted by Gasteiger charge is 2.37. The Bertz CT molecular complexity index is 903. The number of halogens is 3. The Balaban J connectivity index is 1.87. The molecule has 2 N–H and O–H groups in total. The third-order valence-corrected chi connectivity index (χ3v) is 6.57. The van der Waals surface area contributed by atoms with Crippen molar-refractivity contribution in [3.63, 3.8) is 0 Å². The van der Waals surface area contributed by atoms with Crippen LogP contribution in [0.15, 0.2) is 24.8 Å². The standard InChI is InChI=1S/C27H39BF3NO4/c1-18(2)10-14-22(33)15-12-19(3)11-13-20(4)23-8-5-7-21-17-24(28(35)36-26(21)23)32-25(34)9-6-16-27(29,30)31/h5,7-8,18-19,24,35H,4,6,9-17H2,1-3H3,(H,32,34)/t19?,24-/m0/s1. The lowest BCUT2D eigenvalue weighted by Gasteiger charge is -2.30. The van der Waals surface area contributed by atoms with Gasteiger partial charge in [-0.25, -0.2) is 0 Å². The van der Waals surface area contributed by atoms with Gasteiger partial charge >= 0.3 is 13.3 Å². The number of hydrogen-bond acceptors (Lipinski definition) is 4. The molecule has 2 rings (SSSR count). The summed E-state index contributed by atoms with van der Waals surface area (Å²) in [6.07, 6.45) is -0.985. The Hall–Kier alpha value is -2.29. The lowest BCUT2D eigenvalue weighted by Crippen LogP contribution is -2.53. The van der Waals surface area contributed by atoms with Crippen molar-refractivity contribution in [1.82, 2.24) is 5.32 Å². The third kappa shape index (κ3) is 10.4. The van der Waals surface area contributed by atoms with Crippen LogP contribution in [0.2, 0.25) is 0 Å². The second-order valence-corrected chi connectivity index (χ2v) is 10.4. The fraction of sp³-hybridized carbons (Fsp3) is 0.630. The molecule has 1 amide bonds. The summed E-state index contributed by atoms with van der Waals surface area (Å²) in [5.74, 6) is 0.444. The smallest absolute Gasteiger partial charge is 0.534 e. The molecule has 0 bridgehead atoms. The summed E-state index contributed by atoms with van der Waals surface area (Å²) in [6.45, 7) is 10.6. The van der Waals surface area contributed by atoms with Gasteiger partial charge in [0.1, 0.15) is 11.5 Å². The maximum Gasteiger partial charge on any atom is 0.547 e. The highest BCUT2D eigenvalue weighted by Crippen LogP contribution is 2.36. The van der Waals surface area contributed by atoms with Crippen LogP contribution in [0.4, 0.5) is 13.2 Å². The average molecular weight is 509 g/mol. The first-order valence-corrected chi connectivity index (χ1v) is 12.9. The minimum Gasteiger partial charge on any atom is -0.534 e. The molecule has 1 aliphatic heterocycles. The van der Waals surface area contributed by atoms with Gasteiger partial charge in [-0.1, -0.05) is 45.5 Å². The largest absolute Gasteiger partial charge is 0.547 e. The number of rotatable bonds is 14. The Morgan fingerprint density at radius 1 is 1.14 bits per heavy atom. The molecular formula is C27H39BF3NO4. The summed E-state index contributed by atoms with van der Waals surface area (Å²) in [5, 5.41) is 13.1. The van der Waals surface area contributed by atoms with Crippen molar-refractivity contribution < 1.29 is 32.4 Å². The SMILES string of the molecule is C=C(CCC(C)CCC(=O)CCC(C)C)c1cccc2c1OB(O)[C@@H](NC(=O)CCCC(F)(F)F)C2. The molecule has 0 saturated carbocycles. The normalized spacial score (nSPS) is 16.3. The fourth-order valence-corrected chi connectivity index (χ4v) is 4.24. The highest BCUT2D eigenvalue weighted by molar-refractivity contribution is 6.46. The second-order valence-electron chi connectivity index (χ2n) is 10.4. The van der Waals surface area contributed by atoms with Crippen LogP contribution < -0.4 is 9.97 Å². The molecule has 36 heavy (non-hydrogen) atoms. The van der Waals surface area contributed by atoms with Crippen LogP contribution >= 0.6 is 0 Å². The van der Waals surface area contributed by atoms with E-state index in [1.807, 2.05) is 18.2 Å². The van der Waals surface area contributed by atoms with Gasteiger partial charge in [0.05, 0.1) is 5.94 Å². The van der Waals surface area contributed by atoms with E-state index in [9.17, 15) is 27.8 Å². The van der Waals surface area contributed by atoms with E-state index in [1.165, 1.54) is 0 Å². The van der Waals surface area contributed by atoms with Gasteiger partial charge in [0, 0.05) is 31.2 Å². The van der Waals surface area contributed by atoms with Crippen molar-refractivity contribution in [2.24, 2.45) is 11.8 Å². The number of nitrogens with one attached hydrogen (secondary N) is 1. The number of fused-ring (bicyclic) bond motifs is 1. The Morgan fingerprint density at radius 3 is 2.47 bits per heavy atom. The minimum atomic E-state index is -4.30. The Labute approximate surface area is 213 Å². The predicted molar refractivity (Wildman–Crippen MR) is 136 cm³/mol. The molecule has 2 atom stereocenters. The summed E-state index contributed by atoms with van der Waals surface area (Å²) >= 11 is 0. The molecule has 0 aromatic heterocycles. The van der Waals surface area contributed by atoms with Gasteiger partial charge in [0.25, 0.3) is 0 Å². The molecule has 5 nitrogen and oxygen atoms in total. The van der Waals surface area contributed by atoms with E-state index >= 15 is 0 Å². The van der Waals surface area contributed by atoms with E-state index in [4.69, 9.17) is 4.65 Å². The van der Waals surface area contributed by atoms with Crippen LogP contribution in [0.25, 0.3) is 5.57 Å². The fourth-order valence-electron chi connectivity index (χ4n) is 4.24. The number of para-hydroxylation sites is 1. The number of amides is 1. The van der Waals surface area contributed by atoms with Crippen molar-refractivity contribution in [2.75, 3.05) is 0 Å². The minimum absolute atomic E-state index is 0.270. The van der Waals surface area contributed by atoms with Crippen molar-refractivity contribution in [3.05, 3.63) is 35.9 Å². The zero-order chi connectivity index (χ0) is 26.9. The molecule has 0 spiro atoms. The lowest BCUT2D eigenvalue weighted by atomic mass is 9.72. The number of Topliss-reactive ketones (excluding diaryl/α,β-unsaturated/α-hetero) is 1. The van der Waals surface area contributed by atoms with E-state index in [0.717, 1.165) is 42.4 Å². The van der Waals surface area contributed by atoms with Crippen molar-refractivity contribution in [2.45, 2.75) is 97.1 Å². The number of benzene rings is 1. The average Bonchev–Trinajstić information content (AvgIpc) is 2.79. The van der Waals surface area contributed by atoms with Gasteiger partial charge in [-0.15, -0.1) is 0 Å². The molecule has 1 heterocycles. The molecule has 1 aromatic rings. The van der Waals surface area contributed by atoms with Crippen LogP contribution in [0.1, 0.15) is 89.7 Å². The number of ketones is 1. The monoisotopic (exact) mass is 509 g/mol.